The molecule has 140 valence electrons. The molecule has 2 aromatic carbocycles. The Hall–Kier alpha value is -2.92. The van der Waals surface area contributed by atoms with Crippen LogP contribution in [-0.2, 0) is 0 Å². The average molecular weight is 388 g/mol. The second kappa shape index (κ2) is 7.60. The molecule has 0 aliphatic rings. The molecule has 0 unspecified atom stereocenters. The van der Waals surface area contributed by atoms with E-state index in [1.807, 2.05) is 69.3 Å². The molecule has 4 rings (SSSR count). The first-order valence-electron chi connectivity index (χ1n) is 9.18. The lowest BCUT2D eigenvalue weighted by molar-refractivity contribution is 0.102. The van der Waals surface area contributed by atoms with E-state index in [1.165, 1.54) is 11.8 Å². The summed E-state index contributed by atoms with van der Waals surface area (Å²) < 4.78 is 2.13. The largest absolute Gasteiger partial charge is 0.318 e. The van der Waals surface area contributed by atoms with Gasteiger partial charge in [0.15, 0.2) is 5.78 Å². The fourth-order valence-electron chi connectivity index (χ4n) is 3.50. The van der Waals surface area contributed by atoms with Crippen molar-refractivity contribution < 1.29 is 4.79 Å². The van der Waals surface area contributed by atoms with Crippen molar-refractivity contribution in [2.45, 2.75) is 25.8 Å². The number of aromatic nitrogens is 3. The van der Waals surface area contributed by atoms with Gasteiger partial charge in [-0.25, -0.2) is 9.97 Å². The van der Waals surface area contributed by atoms with Crippen LogP contribution in [0.1, 0.15) is 27.6 Å². The fourth-order valence-corrected chi connectivity index (χ4v) is 4.45. The van der Waals surface area contributed by atoms with E-state index in [0.29, 0.717) is 5.75 Å². The Morgan fingerprint density at radius 1 is 0.964 bits per heavy atom. The van der Waals surface area contributed by atoms with Crippen LogP contribution >= 0.6 is 11.8 Å². The van der Waals surface area contributed by atoms with Crippen LogP contribution in [0.3, 0.4) is 0 Å². The quantitative estimate of drug-likeness (QED) is 0.264. The summed E-state index contributed by atoms with van der Waals surface area (Å²) in [5.74, 6) is 1.18. The summed E-state index contributed by atoms with van der Waals surface area (Å²) in [6, 6.07) is 20.0. The molecule has 0 radical (unpaired) electrons. The van der Waals surface area contributed by atoms with E-state index in [9.17, 15) is 4.79 Å². The normalized spacial score (nSPS) is 11.1. The molecule has 0 bridgehead atoms. The second-order valence-electron chi connectivity index (χ2n) is 6.76. The Morgan fingerprint density at radius 3 is 2.46 bits per heavy atom. The molecule has 0 fully saturated rings. The van der Waals surface area contributed by atoms with Gasteiger partial charge in [0.1, 0.15) is 10.9 Å². The first kappa shape index (κ1) is 18.4. The van der Waals surface area contributed by atoms with Crippen molar-refractivity contribution in [2.24, 2.45) is 0 Å². The molecule has 4 nitrogen and oxygen atoms in total. The summed E-state index contributed by atoms with van der Waals surface area (Å²) in [6.45, 7) is 5.92. The molecule has 2 aromatic heterocycles. The second-order valence-corrected chi connectivity index (χ2v) is 7.72. The smallest absolute Gasteiger partial charge is 0.174 e. The molecule has 0 amide bonds. The maximum Gasteiger partial charge on any atom is 0.174 e. The lowest BCUT2D eigenvalue weighted by Gasteiger charge is -2.09. The number of ketones is 1. The van der Waals surface area contributed by atoms with Gasteiger partial charge in [-0.3, -0.25) is 4.79 Å². The zero-order valence-corrected chi connectivity index (χ0v) is 17.0. The molecule has 5 heteroatoms. The maximum atomic E-state index is 13.0. The highest BCUT2D eigenvalue weighted by Crippen LogP contribution is 2.27. The van der Waals surface area contributed by atoms with E-state index < -0.39 is 0 Å². The number of Topliss-reactive ketones (excluding diaryl/α,β-unsaturated/α-hetero) is 1. The number of aryl methyl sites for hydroxylation is 2. The SMILES string of the molecule is Cc1nc(SCC(=O)c2cc(C)n(-c3ccccc3)c2C)c2ccccc2n1. The molecule has 0 aliphatic heterocycles. The third kappa shape index (κ3) is 3.45. The van der Waals surface area contributed by atoms with Crippen molar-refractivity contribution in [1.29, 1.82) is 0 Å². The Morgan fingerprint density at radius 2 is 1.68 bits per heavy atom. The Kier molecular flexibility index (Phi) is 5.01. The van der Waals surface area contributed by atoms with Gasteiger partial charge in [-0.1, -0.05) is 48.2 Å². The van der Waals surface area contributed by atoms with Crippen LogP contribution in [0.2, 0.25) is 0 Å². The molecule has 0 N–H and O–H groups in total. The van der Waals surface area contributed by atoms with Gasteiger partial charge in [0.05, 0.1) is 11.3 Å². The molecule has 0 saturated carbocycles. The Balaban J connectivity index is 1.61. The topological polar surface area (TPSA) is 47.8 Å². The highest BCUT2D eigenvalue weighted by Gasteiger charge is 2.17. The number of hydrogen-bond donors (Lipinski definition) is 0. The minimum Gasteiger partial charge on any atom is -0.318 e. The fraction of sp³-hybridized carbons (Fsp3) is 0.174. The zero-order valence-electron chi connectivity index (χ0n) is 16.1. The van der Waals surface area contributed by atoms with Crippen LogP contribution in [-0.4, -0.2) is 26.1 Å². The van der Waals surface area contributed by atoms with Crippen LogP contribution in [0.5, 0.6) is 0 Å². The van der Waals surface area contributed by atoms with Crippen molar-refractivity contribution >= 4 is 28.4 Å². The molecule has 0 saturated heterocycles. The van der Waals surface area contributed by atoms with Gasteiger partial charge in [0, 0.05) is 28.0 Å². The number of rotatable bonds is 5. The summed E-state index contributed by atoms with van der Waals surface area (Å²) in [7, 11) is 0. The third-order valence-corrected chi connectivity index (χ3v) is 5.76. The Bertz CT molecular complexity index is 1170. The molecule has 28 heavy (non-hydrogen) atoms. The van der Waals surface area contributed by atoms with Crippen molar-refractivity contribution in [2.75, 3.05) is 5.75 Å². The molecule has 2 heterocycles. The number of para-hydroxylation sites is 2. The minimum absolute atomic E-state index is 0.112. The van der Waals surface area contributed by atoms with E-state index in [0.717, 1.165) is 44.4 Å². The van der Waals surface area contributed by atoms with E-state index in [2.05, 4.69) is 26.7 Å². The van der Waals surface area contributed by atoms with Gasteiger partial charge < -0.3 is 4.57 Å². The van der Waals surface area contributed by atoms with E-state index in [1.54, 1.807) is 0 Å². The van der Waals surface area contributed by atoms with Crippen LogP contribution < -0.4 is 0 Å². The van der Waals surface area contributed by atoms with E-state index in [4.69, 9.17) is 0 Å². The first-order valence-corrected chi connectivity index (χ1v) is 10.2. The molecule has 0 atom stereocenters. The number of fused-ring (bicyclic) bond motifs is 1. The molecule has 0 spiro atoms. The van der Waals surface area contributed by atoms with Crippen molar-refractivity contribution in [3.63, 3.8) is 0 Å². The number of nitrogens with zero attached hydrogens (tertiary/aromatic N) is 3. The van der Waals surface area contributed by atoms with Crippen LogP contribution in [0.25, 0.3) is 16.6 Å². The summed E-state index contributed by atoms with van der Waals surface area (Å²) >= 11 is 1.48. The first-order chi connectivity index (χ1) is 13.5. The van der Waals surface area contributed by atoms with Gasteiger partial charge in [-0.15, -0.1) is 0 Å². The Labute approximate surface area is 168 Å². The van der Waals surface area contributed by atoms with Crippen molar-refractivity contribution in [3.05, 3.63) is 83.4 Å². The highest BCUT2D eigenvalue weighted by molar-refractivity contribution is 8.00. The highest BCUT2D eigenvalue weighted by atomic mass is 32.2. The predicted molar refractivity (Wildman–Crippen MR) is 115 cm³/mol. The van der Waals surface area contributed by atoms with Crippen molar-refractivity contribution in [1.82, 2.24) is 14.5 Å². The summed E-state index contributed by atoms with van der Waals surface area (Å²) in [6.07, 6.45) is 0. The van der Waals surface area contributed by atoms with Crippen LogP contribution in [0, 0.1) is 20.8 Å². The standard InChI is InChI=1S/C23H21N3OS/c1-15-13-20(16(2)26(15)18-9-5-4-6-10-18)22(27)14-28-23-19-11-7-8-12-21(19)24-17(3)25-23/h4-13H,14H2,1-3H3. The number of thioether (sulfide) groups is 1. The van der Waals surface area contributed by atoms with Crippen LogP contribution in [0.4, 0.5) is 0 Å². The van der Waals surface area contributed by atoms with Gasteiger partial charge in [-0.05, 0) is 45.0 Å². The maximum absolute atomic E-state index is 13.0. The van der Waals surface area contributed by atoms with E-state index >= 15 is 0 Å². The van der Waals surface area contributed by atoms with E-state index in [-0.39, 0.29) is 5.78 Å². The zero-order chi connectivity index (χ0) is 19.7. The lowest BCUT2D eigenvalue weighted by Crippen LogP contribution is -2.06. The van der Waals surface area contributed by atoms with Gasteiger partial charge in [0.2, 0.25) is 0 Å². The summed E-state index contributed by atoms with van der Waals surface area (Å²) in [4.78, 5) is 22.0. The number of carbonyl (C=O) groups excluding carboxylic acids is 1. The predicted octanol–water partition coefficient (Wildman–Crippen LogP) is 5.32. The molecule has 4 aromatic rings. The number of benzene rings is 2. The van der Waals surface area contributed by atoms with Gasteiger partial charge in [0.25, 0.3) is 0 Å². The number of carbonyl (C=O) groups is 1. The monoisotopic (exact) mass is 387 g/mol. The van der Waals surface area contributed by atoms with Gasteiger partial charge >= 0.3 is 0 Å². The average Bonchev–Trinajstić information content (AvgIpc) is 3.00. The summed E-state index contributed by atoms with van der Waals surface area (Å²) in [5, 5.41) is 1.84. The molecular weight excluding hydrogens is 366 g/mol. The van der Waals surface area contributed by atoms with Crippen LogP contribution in [0.15, 0.2) is 65.7 Å². The van der Waals surface area contributed by atoms with Crippen molar-refractivity contribution in [3.8, 4) is 5.69 Å². The molecular formula is C23H21N3OS. The third-order valence-electron chi connectivity index (χ3n) is 4.77. The molecule has 0 aliphatic carbocycles. The number of hydrogen-bond acceptors (Lipinski definition) is 4. The minimum atomic E-state index is 0.112. The van der Waals surface area contributed by atoms with Gasteiger partial charge in [-0.2, -0.15) is 0 Å². The lowest BCUT2D eigenvalue weighted by atomic mass is 10.2. The summed E-state index contributed by atoms with van der Waals surface area (Å²) in [5.41, 5.74) is 4.77.